The van der Waals surface area contributed by atoms with Gasteiger partial charge in [-0.05, 0) is 32.8 Å². The fourth-order valence-electron chi connectivity index (χ4n) is 1.75. The zero-order valence-corrected chi connectivity index (χ0v) is 11.8. The molecule has 114 valence electrons. The van der Waals surface area contributed by atoms with Gasteiger partial charge >= 0.3 is 6.18 Å². The van der Waals surface area contributed by atoms with E-state index in [1.165, 1.54) is 0 Å². The summed E-state index contributed by atoms with van der Waals surface area (Å²) in [6, 6.07) is 5.24. The topological polar surface area (TPSA) is 47.3 Å². The monoisotopic (exact) mass is 290 g/mol. The number of hydrogen-bond donors (Lipinski definition) is 2. The van der Waals surface area contributed by atoms with Crippen molar-refractivity contribution >= 4 is 11.4 Å². The molecule has 0 spiro atoms. The van der Waals surface area contributed by atoms with Gasteiger partial charge < -0.3 is 15.8 Å². The standard InChI is InChI=1S/C14H21F3N2O/c1-10(2)20-13-8-11(18)7-12(9-13)19-6-4-3-5-14(15,16)17/h7-10,19H,3-6,18H2,1-2H3. The zero-order valence-electron chi connectivity index (χ0n) is 11.8. The van der Waals surface area contributed by atoms with Crippen molar-refractivity contribution in [3.8, 4) is 5.75 Å². The van der Waals surface area contributed by atoms with Crippen LogP contribution in [0, 0.1) is 0 Å². The number of alkyl halides is 3. The van der Waals surface area contributed by atoms with E-state index in [9.17, 15) is 13.2 Å². The highest BCUT2D eigenvalue weighted by Crippen LogP contribution is 2.24. The number of nitrogens with two attached hydrogens (primary N) is 1. The van der Waals surface area contributed by atoms with E-state index in [4.69, 9.17) is 10.5 Å². The van der Waals surface area contributed by atoms with Gasteiger partial charge in [0.05, 0.1) is 6.10 Å². The molecule has 3 nitrogen and oxygen atoms in total. The molecule has 0 aliphatic carbocycles. The third-order valence-corrected chi connectivity index (χ3v) is 2.52. The van der Waals surface area contributed by atoms with E-state index in [-0.39, 0.29) is 12.5 Å². The fraction of sp³-hybridized carbons (Fsp3) is 0.571. The molecule has 0 amide bonds. The number of nitrogen functional groups attached to an aromatic ring is 1. The lowest BCUT2D eigenvalue weighted by atomic mass is 10.2. The van der Waals surface area contributed by atoms with Crippen LogP contribution in [0.2, 0.25) is 0 Å². The van der Waals surface area contributed by atoms with E-state index >= 15 is 0 Å². The van der Waals surface area contributed by atoms with Gasteiger partial charge in [-0.2, -0.15) is 13.2 Å². The predicted octanol–water partition coefficient (Wildman–Crippen LogP) is 4.20. The zero-order chi connectivity index (χ0) is 15.2. The Balaban J connectivity index is 2.41. The SMILES string of the molecule is CC(C)Oc1cc(N)cc(NCCCCC(F)(F)F)c1. The highest BCUT2D eigenvalue weighted by molar-refractivity contribution is 5.59. The minimum absolute atomic E-state index is 0.0384. The Hall–Kier alpha value is -1.59. The van der Waals surface area contributed by atoms with Gasteiger partial charge in [0.25, 0.3) is 0 Å². The van der Waals surface area contributed by atoms with Gasteiger partial charge in [0.1, 0.15) is 5.75 Å². The van der Waals surface area contributed by atoms with Crippen molar-refractivity contribution in [3.05, 3.63) is 18.2 Å². The first-order valence-corrected chi connectivity index (χ1v) is 6.64. The van der Waals surface area contributed by atoms with Crippen molar-refractivity contribution < 1.29 is 17.9 Å². The van der Waals surface area contributed by atoms with E-state index < -0.39 is 12.6 Å². The number of anilines is 2. The molecule has 1 aromatic carbocycles. The number of hydrogen-bond acceptors (Lipinski definition) is 3. The summed E-state index contributed by atoms with van der Waals surface area (Å²) >= 11 is 0. The van der Waals surface area contributed by atoms with E-state index in [0.29, 0.717) is 24.4 Å². The summed E-state index contributed by atoms with van der Waals surface area (Å²) in [5, 5.41) is 3.06. The van der Waals surface area contributed by atoms with Gasteiger partial charge in [0.2, 0.25) is 0 Å². The lowest BCUT2D eigenvalue weighted by molar-refractivity contribution is -0.135. The number of benzene rings is 1. The third-order valence-electron chi connectivity index (χ3n) is 2.52. The number of nitrogens with one attached hydrogen (secondary N) is 1. The van der Waals surface area contributed by atoms with Crippen LogP contribution in [0.15, 0.2) is 18.2 Å². The first-order chi connectivity index (χ1) is 9.26. The van der Waals surface area contributed by atoms with Crippen molar-refractivity contribution in [1.82, 2.24) is 0 Å². The lowest BCUT2D eigenvalue weighted by Gasteiger charge is -2.13. The van der Waals surface area contributed by atoms with Crippen LogP contribution in [0.3, 0.4) is 0 Å². The average Bonchev–Trinajstić information content (AvgIpc) is 2.25. The summed E-state index contributed by atoms with van der Waals surface area (Å²) in [7, 11) is 0. The van der Waals surface area contributed by atoms with Crippen LogP contribution in [-0.2, 0) is 0 Å². The second kappa shape index (κ2) is 7.26. The van der Waals surface area contributed by atoms with Crippen LogP contribution in [0.5, 0.6) is 5.75 Å². The van der Waals surface area contributed by atoms with Crippen molar-refractivity contribution in [2.45, 2.75) is 45.4 Å². The predicted molar refractivity (Wildman–Crippen MR) is 75.0 cm³/mol. The lowest BCUT2D eigenvalue weighted by Crippen LogP contribution is -2.09. The quantitative estimate of drug-likeness (QED) is 0.584. The van der Waals surface area contributed by atoms with Crippen LogP contribution < -0.4 is 15.8 Å². The third kappa shape index (κ3) is 7.11. The number of rotatable bonds is 7. The molecule has 0 unspecified atom stereocenters. The number of ether oxygens (including phenoxy) is 1. The Morgan fingerprint density at radius 2 is 1.90 bits per heavy atom. The Labute approximate surface area is 117 Å². The summed E-state index contributed by atoms with van der Waals surface area (Å²) in [6.45, 7) is 4.29. The van der Waals surface area contributed by atoms with Crippen LogP contribution in [0.25, 0.3) is 0 Å². The van der Waals surface area contributed by atoms with Crippen LogP contribution in [0.1, 0.15) is 33.1 Å². The first kappa shape index (κ1) is 16.5. The van der Waals surface area contributed by atoms with E-state index in [1.807, 2.05) is 13.8 Å². The molecular formula is C14H21F3N2O. The average molecular weight is 290 g/mol. The fourth-order valence-corrected chi connectivity index (χ4v) is 1.75. The molecule has 0 radical (unpaired) electrons. The van der Waals surface area contributed by atoms with Crippen molar-refractivity contribution in [3.63, 3.8) is 0 Å². The maximum absolute atomic E-state index is 12.0. The second-order valence-electron chi connectivity index (χ2n) is 4.96. The van der Waals surface area contributed by atoms with E-state index in [2.05, 4.69) is 5.32 Å². The highest BCUT2D eigenvalue weighted by Gasteiger charge is 2.25. The largest absolute Gasteiger partial charge is 0.491 e. The smallest absolute Gasteiger partial charge is 0.389 e. The summed E-state index contributed by atoms with van der Waals surface area (Å²) in [4.78, 5) is 0. The van der Waals surface area contributed by atoms with Gasteiger partial charge in [0, 0.05) is 36.5 Å². The van der Waals surface area contributed by atoms with Crippen molar-refractivity contribution in [2.75, 3.05) is 17.6 Å². The summed E-state index contributed by atoms with van der Waals surface area (Å²) in [5.41, 5.74) is 7.07. The highest BCUT2D eigenvalue weighted by atomic mass is 19.4. The molecule has 0 fully saturated rings. The van der Waals surface area contributed by atoms with Gasteiger partial charge in [-0.3, -0.25) is 0 Å². The number of unbranched alkanes of at least 4 members (excludes halogenated alkanes) is 1. The van der Waals surface area contributed by atoms with Crippen molar-refractivity contribution in [2.24, 2.45) is 0 Å². The maximum atomic E-state index is 12.0. The first-order valence-electron chi connectivity index (χ1n) is 6.64. The molecule has 0 bridgehead atoms. The van der Waals surface area contributed by atoms with E-state index in [1.54, 1.807) is 18.2 Å². The molecule has 0 saturated heterocycles. The van der Waals surface area contributed by atoms with Gasteiger partial charge in [0.15, 0.2) is 0 Å². The Morgan fingerprint density at radius 3 is 2.50 bits per heavy atom. The van der Waals surface area contributed by atoms with Gasteiger partial charge in [-0.1, -0.05) is 0 Å². The molecule has 0 aliphatic heterocycles. The summed E-state index contributed by atoms with van der Waals surface area (Å²) < 4.78 is 41.5. The molecule has 0 heterocycles. The molecule has 6 heteroatoms. The van der Waals surface area contributed by atoms with Gasteiger partial charge in [-0.25, -0.2) is 0 Å². The van der Waals surface area contributed by atoms with Crippen molar-refractivity contribution in [1.29, 1.82) is 0 Å². The summed E-state index contributed by atoms with van der Waals surface area (Å²) in [5.74, 6) is 0.651. The van der Waals surface area contributed by atoms with E-state index in [0.717, 1.165) is 5.69 Å². The Bertz CT molecular complexity index is 419. The Kier molecular flexibility index (Phi) is 5.98. The minimum Gasteiger partial charge on any atom is -0.491 e. The second-order valence-corrected chi connectivity index (χ2v) is 4.96. The molecule has 0 aliphatic rings. The molecule has 20 heavy (non-hydrogen) atoms. The maximum Gasteiger partial charge on any atom is 0.389 e. The molecular weight excluding hydrogens is 269 g/mol. The molecule has 3 N–H and O–H groups in total. The van der Waals surface area contributed by atoms with Crippen LogP contribution >= 0.6 is 0 Å². The molecule has 1 aromatic rings. The molecule has 0 atom stereocenters. The normalized spacial score (nSPS) is 11.7. The molecule has 0 aromatic heterocycles. The molecule has 1 rings (SSSR count). The van der Waals surface area contributed by atoms with Crippen LogP contribution in [-0.4, -0.2) is 18.8 Å². The van der Waals surface area contributed by atoms with Gasteiger partial charge in [-0.15, -0.1) is 0 Å². The minimum atomic E-state index is -4.07. The number of halogens is 3. The molecule has 0 saturated carbocycles. The van der Waals surface area contributed by atoms with Crippen LogP contribution in [0.4, 0.5) is 24.5 Å². The Morgan fingerprint density at radius 1 is 1.20 bits per heavy atom. The summed E-state index contributed by atoms with van der Waals surface area (Å²) in [6.07, 6.45) is -4.21.